The number of anilines is 2. The van der Waals surface area contributed by atoms with Crippen molar-refractivity contribution in [2.24, 2.45) is 5.92 Å². The van der Waals surface area contributed by atoms with Crippen molar-refractivity contribution in [2.75, 3.05) is 29.3 Å². The zero-order valence-electron chi connectivity index (χ0n) is 17.3. The molecule has 0 atom stereocenters. The number of sulfonamides is 1. The Balaban J connectivity index is 1.45. The summed E-state index contributed by atoms with van der Waals surface area (Å²) in [6.07, 6.45) is 2.56. The smallest absolute Gasteiger partial charge is 0.261 e. The van der Waals surface area contributed by atoms with E-state index in [1.165, 1.54) is 0 Å². The van der Waals surface area contributed by atoms with E-state index in [-0.39, 0.29) is 29.2 Å². The molecule has 0 unspecified atom stereocenters. The fourth-order valence-electron chi connectivity index (χ4n) is 3.54. The summed E-state index contributed by atoms with van der Waals surface area (Å²) in [5.41, 5.74) is 2.05. The van der Waals surface area contributed by atoms with Crippen molar-refractivity contribution in [3.63, 3.8) is 0 Å². The highest BCUT2D eigenvalue weighted by Crippen LogP contribution is 2.37. The maximum Gasteiger partial charge on any atom is 0.261 e. The van der Waals surface area contributed by atoms with E-state index in [4.69, 9.17) is 4.74 Å². The van der Waals surface area contributed by atoms with Crippen LogP contribution in [-0.4, -0.2) is 39.9 Å². The second-order valence-electron chi connectivity index (χ2n) is 7.68. The number of benzene rings is 2. The van der Waals surface area contributed by atoms with Crippen LogP contribution in [0.2, 0.25) is 0 Å². The minimum absolute atomic E-state index is 0.0816. The topological polar surface area (TPSA) is 105 Å². The Labute approximate surface area is 181 Å². The van der Waals surface area contributed by atoms with Gasteiger partial charge in [-0.1, -0.05) is 6.07 Å². The molecule has 0 radical (unpaired) electrons. The summed E-state index contributed by atoms with van der Waals surface area (Å²) in [5, 5.41) is 2.63. The molecule has 2 N–H and O–H groups in total. The van der Waals surface area contributed by atoms with Crippen LogP contribution in [0.15, 0.2) is 47.4 Å². The summed E-state index contributed by atoms with van der Waals surface area (Å²) in [6.45, 7) is 2.84. The molecule has 8 nitrogen and oxygen atoms in total. The van der Waals surface area contributed by atoms with Crippen LogP contribution < -0.4 is 19.7 Å². The molecule has 2 aliphatic rings. The number of nitrogens with one attached hydrogen (secondary N) is 2. The molecule has 0 saturated heterocycles. The van der Waals surface area contributed by atoms with E-state index in [9.17, 15) is 18.0 Å². The zero-order chi connectivity index (χ0) is 22.0. The highest BCUT2D eigenvalue weighted by atomic mass is 32.2. The van der Waals surface area contributed by atoms with Gasteiger partial charge in [-0.15, -0.1) is 0 Å². The molecule has 1 heterocycles. The summed E-state index contributed by atoms with van der Waals surface area (Å²) in [6, 6.07) is 11.3. The van der Waals surface area contributed by atoms with Gasteiger partial charge in [-0.05, 0) is 68.1 Å². The van der Waals surface area contributed by atoms with Crippen molar-refractivity contribution in [3.05, 3.63) is 48.0 Å². The Morgan fingerprint density at radius 2 is 1.87 bits per heavy atom. The molecular formula is C22H25N3O5S. The predicted octanol–water partition coefficient (Wildman–Crippen LogP) is 2.30. The number of carbonyl (C=O) groups excluding carboxylic acids is 2. The van der Waals surface area contributed by atoms with E-state index < -0.39 is 10.0 Å². The molecule has 0 bridgehead atoms. The highest BCUT2D eigenvalue weighted by molar-refractivity contribution is 7.92. The molecule has 4 rings (SSSR count). The average molecular weight is 444 g/mol. The normalized spacial score (nSPS) is 15.3. The Morgan fingerprint density at radius 1 is 1.13 bits per heavy atom. The number of nitrogens with zero attached hydrogens (tertiary/aromatic N) is 1. The fourth-order valence-corrected chi connectivity index (χ4v) is 4.61. The van der Waals surface area contributed by atoms with Crippen LogP contribution in [0.25, 0.3) is 0 Å². The number of likely N-dealkylation sites (N-methyl/N-ethyl adjacent to an activating group) is 1. The van der Waals surface area contributed by atoms with Crippen LogP contribution in [0.5, 0.6) is 5.75 Å². The fraction of sp³-hybridized carbons (Fsp3) is 0.364. The lowest BCUT2D eigenvalue weighted by atomic mass is 10.2. The first-order chi connectivity index (χ1) is 14.9. The number of hydrogen-bond donors (Lipinski definition) is 2. The highest BCUT2D eigenvalue weighted by Gasteiger charge is 2.36. The van der Waals surface area contributed by atoms with Crippen LogP contribution in [-0.2, 0) is 26.0 Å². The van der Waals surface area contributed by atoms with Gasteiger partial charge in [0.05, 0.1) is 4.90 Å². The maximum atomic E-state index is 12.9. The second kappa shape index (κ2) is 8.58. The number of carbonyl (C=O) groups is 2. The zero-order valence-corrected chi connectivity index (χ0v) is 18.1. The van der Waals surface area contributed by atoms with E-state index in [1.807, 2.05) is 6.92 Å². The van der Waals surface area contributed by atoms with Crippen molar-refractivity contribution >= 4 is 33.2 Å². The largest absolute Gasteiger partial charge is 0.484 e. The predicted molar refractivity (Wildman–Crippen MR) is 117 cm³/mol. The van der Waals surface area contributed by atoms with Gasteiger partial charge in [0.1, 0.15) is 5.75 Å². The quantitative estimate of drug-likeness (QED) is 0.651. The molecule has 9 heteroatoms. The van der Waals surface area contributed by atoms with Gasteiger partial charge in [0.15, 0.2) is 6.61 Å². The summed E-state index contributed by atoms with van der Waals surface area (Å²) in [7, 11) is -3.83. The molecular weight excluding hydrogens is 418 g/mol. The molecule has 1 aliphatic carbocycles. The Morgan fingerprint density at radius 3 is 2.55 bits per heavy atom. The summed E-state index contributed by atoms with van der Waals surface area (Å²) in [4.78, 5) is 25.8. The third kappa shape index (κ3) is 4.82. The first-order valence-electron chi connectivity index (χ1n) is 10.3. The van der Waals surface area contributed by atoms with Crippen LogP contribution in [0.1, 0.15) is 25.3 Å². The first kappa shape index (κ1) is 21.2. The Bertz CT molecular complexity index is 1090. The lowest BCUT2D eigenvalue weighted by molar-refractivity contribution is -0.123. The summed E-state index contributed by atoms with van der Waals surface area (Å²) in [5.74, 6) is 0.404. The van der Waals surface area contributed by atoms with Crippen molar-refractivity contribution in [3.8, 4) is 5.75 Å². The standard InChI is InChI=1S/C22H25N3O5S/c1-2-23-21(26)14-30-18-8-6-17(7-9-18)24-31(28,29)19-10-5-15-11-12-25(20(15)13-19)22(27)16-3-4-16/h5-10,13,16,24H,2-4,11-12,14H2,1H3,(H,23,26). The van der Waals surface area contributed by atoms with Gasteiger partial charge < -0.3 is 15.0 Å². The molecule has 0 aromatic heterocycles. The Kier molecular flexibility index (Phi) is 5.86. The minimum Gasteiger partial charge on any atom is -0.484 e. The minimum atomic E-state index is -3.83. The summed E-state index contributed by atoms with van der Waals surface area (Å²) >= 11 is 0. The van der Waals surface area contributed by atoms with E-state index in [0.29, 0.717) is 30.2 Å². The van der Waals surface area contributed by atoms with Crippen LogP contribution in [0.4, 0.5) is 11.4 Å². The van der Waals surface area contributed by atoms with Crippen molar-refractivity contribution in [2.45, 2.75) is 31.1 Å². The molecule has 1 fully saturated rings. The van der Waals surface area contributed by atoms with Gasteiger partial charge in [-0.2, -0.15) is 0 Å². The molecule has 1 aliphatic heterocycles. The van der Waals surface area contributed by atoms with Gasteiger partial charge in [-0.25, -0.2) is 8.42 Å². The molecule has 2 aromatic rings. The van der Waals surface area contributed by atoms with Crippen molar-refractivity contribution in [1.29, 1.82) is 0 Å². The van der Waals surface area contributed by atoms with Gasteiger partial charge in [0, 0.05) is 30.4 Å². The van der Waals surface area contributed by atoms with Gasteiger partial charge in [0.2, 0.25) is 5.91 Å². The van der Waals surface area contributed by atoms with Gasteiger partial charge in [0.25, 0.3) is 15.9 Å². The van der Waals surface area contributed by atoms with E-state index in [2.05, 4.69) is 10.0 Å². The molecule has 0 spiro atoms. The van der Waals surface area contributed by atoms with Gasteiger partial charge in [-0.3, -0.25) is 14.3 Å². The van der Waals surface area contributed by atoms with Crippen molar-refractivity contribution < 1.29 is 22.7 Å². The van der Waals surface area contributed by atoms with Crippen LogP contribution in [0.3, 0.4) is 0 Å². The molecule has 2 amide bonds. The van der Waals surface area contributed by atoms with E-state index >= 15 is 0 Å². The molecule has 2 aromatic carbocycles. The molecule has 31 heavy (non-hydrogen) atoms. The number of fused-ring (bicyclic) bond motifs is 1. The molecule has 1 saturated carbocycles. The maximum absolute atomic E-state index is 12.9. The third-order valence-corrected chi connectivity index (χ3v) is 6.68. The van der Waals surface area contributed by atoms with Gasteiger partial charge >= 0.3 is 0 Å². The number of rotatable bonds is 8. The average Bonchev–Trinajstić information content (AvgIpc) is 3.51. The lowest BCUT2D eigenvalue weighted by Gasteiger charge is -2.18. The summed E-state index contributed by atoms with van der Waals surface area (Å²) < 4.78 is 33.7. The van der Waals surface area contributed by atoms with E-state index in [1.54, 1.807) is 47.4 Å². The monoisotopic (exact) mass is 443 g/mol. The Hall–Kier alpha value is -3.07. The lowest BCUT2D eigenvalue weighted by Crippen LogP contribution is -2.30. The second-order valence-corrected chi connectivity index (χ2v) is 9.36. The first-order valence-corrected chi connectivity index (χ1v) is 11.8. The van der Waals surface area contributed by atoms with E-state index in [0.717, 1.165) is 24.8 Å². The van der Waals surface area contributed by atoms with Crippen molar-refractivity contribution in [1.82, 2.24) is 5.32 Å². The van der Waals surface area contributed by atoms with Crippen LogP contribution >= 0.6 is 0 Å². The number of hydrogen-bond acceptors (Lipinski definition) is 5. The number of amides is 2. The third-order valence-electron chi connectivity index (χ3n) is 5.31. The molecule has 164 valence electrons. The SMILES string of the molecule is CCNC(=O)COc1ccc(NS(=O)(=O)c2ccc3c(c2)N(C(=O)C2CC2)CC3)cc1. The number of ether oxygens (including phenoxy) is 1. The van der Waals surface area contributed by atoms with Crippen LogP contribution in [0, 0.1) is 5.92 Å².